The van der Waals surface area contributed by atoms with Crippen LogP contribution in [-0.4, -0.2) is 40.6 Å². The second kappa shape index (κ2) is 7.68. The van der Waals surface area contributed by atoms with Gasteiger partial charge in [-0.05, 0) is 24.6 Å². The number of carbonyl (C=O) groups is 1. The fourth-order valence-corrected chi connectivity index (χ4v) is 3.21. The summed E-state index contributed by atoms with van der Waals surface area (Å²) >= 11 is 6.12. The van der Waals surface area contributed by atoms with Gasteiger partial charge in [-0.1, -0.05) is 17.7 Å². The van der Waals surface area contributed by atoms with Crippen molar-refractivity contribution in [2.45, 2.75) is 13.0 Å². The van der Waals surface area contributed by atoms with Gasteiger partial charge in [0.25, 0.3) is 5.56 Å². The smallest absolute Gasteiger partial charge is 0.338 e. The van der Waals surface area contributed by atoms with Crippen LogP contribution in [0.2, 0.25) is 5.02 Å². The minimum atomic E-state index is -1.15. The molecule has 4 aromatic rings. The van der Waals surface area contributed by atoms with E-state index in [-0.39, 0.29) is 41.1 Å². The highest BCUT2D eigenvalue weighted by atomic mass is 35.5. The Morgan fingerprint density at radius 1 is 1.31 bits per heavy atom. The molecule has 0 aliphatic rings. The maximum absolute atomic E-state index is 13.3. The molecule has 9 nitrogen and oxygen atoms in total. The molecule has 0 aliphatic heterocycles. The van der Waals surface area contributed by atoms with Crippen molar-refractivity contribution in [2.24, 2.45) is 0 Å². The summed E-state index contributed by atoms with van der Waals surface area (Å²) in [6.07, 6.45) is 3.79. The zero-order valence-electron chi connectivity index (χ0n) is 14.8. The van der Waals surface area contributed by atoms with Crippen LogP contribution in [0.25, 0.3) is 17.0 Å². The first-order valence-electron chi connectivity index (χ1n) is 8.06. The Hall–Kier alpha value is -3.18. The summed E-state index contributed by atoms with van der Waals surface area (Å²) in [4.78, 5) is 30.5. The minimum Gasteiger partial charge on any atom is -0.478 e. The van der Waals surface area contributed by atoms with Crippen LogP contribution < -0.4 is 5.56 Å². The summed E-state index contributed by atoms with van der Waals surface area (Å²) in [6.45, 7) is 1.77. The zero-order valence-corrected chi connectivity index (χ0v) is 16.6. The number of nitrogens with zero attached hydrogens (tertiary/aromatic N) is 5. The van der Waals surface area contributed by atoms with Crippen LogP contribution in [0, 0.1) is 5.82 Å². The van der Waals surface area contributed by atoms with Gasteiger partial charge in [-0.15, -0.1) is 0 Å². The molecular formula is C17H14ClFN6O3S. The molecule has 2 N–H and O–H groups in total. The van der Waals surface area contributed by atoms with E-state index in [2.05, 4.69) is 20.2 Å². The molecule has 0 unspecified atom stereocenters. The molecule has 0 fully saturated rings. The first-order chi connectivity index (χ1) is 13.3. The van der Waals surface area contributed by atoms with Crippen LogP contribution in [0.1, 0.15) is 28.9 Å². The molecule has 4 rings (SSSR count). The monoisotopic (exact) mass is 436 g/mol. The zero-order chi connectivity index (χ0) is 20.0. The van der Waals surface area contributed by atoms with Crippen LogP contribution in [0.15, 0.2) is 41.6 Å². The van der Waals surface area contributed by atoms with Crippen LogP contribution in [0.3, 0.4) is 0 Å². The first-order valence-corrected chi connectivity index (χ1v) is 8.44. The van der Waals surface area contributed by atoms with Gasteiger partial charge in [0.15, 0.2) is 5.52 Å². The lowest BCUT2D eigenvalue weighted by Gasteiger charge is -2.15. The molecule has 0 aliphatic carbocycles. The van der Waals surface area contributed by atoms with Crippen LogP contribution in [-0.2, 0) is 0 Å². The van der Waals surface area contributed by atoms with Crippen molar-refractivity contribution in [3.63, 3.8) is 0 Å². The molecule has 0 saturated carbocycles. The number of halogens is 2. The number of nitrogens with one attached hydrogen (secondary N) is 1. The number of rotatable bonds is 4. The summed E-state index contributed by atoms with van der Waals surface area (Å²) in [7, 11) is 0. The van der Waals surface area contributed by atoms with Gasteiger partial charge < -0.3 is 5.11 Å². The van der Waals surface area contributed by atoms with Crippen LogP contribution in [0.5, 0.6) is 0 Å². The fourth-order valence-electron chi connectivity index (χ4n) is 2.88. The largest absolute Gasteiger partial charge is 0.478 e. The molecule has 0 radical (unpaired) electrons. The van der Waals surface area contributed by atoms with E-state index in [0.717, 1.165) is 10.9 Å². The van der Waals surface area contributed by atoms with Gasteiger partial charge in [0.05, 0.1) is 24.0 Å². The molecule has 0 saturated heterocycles. The van der Waals surface area contributed by atoms with E-state index in [4.69, 9.17) is 16.7 Å². The maximum atomic E-state index is 13.3. The predicted octanol–water partition coefficient (Wildman–Crippen LogP) is 2.52. The second-order valence-corrected chi connectivity index (χ2v) is 6.44. The number of aromatic amines is 1. The van der Waals surface area contributed by atoms with E-state index in [1.165, 1.54) is 35.3 Å². The SMILES string of the molecule is C[C@@H](c1ccc(F)cc1Cl)n1ncc2nc(-n3cc(C(=O)O)cn3)[nH]c(=O)c21.S. The van der Waals surface area contributed by atoms with Crippen molar-refractivity contribution in [3.8, 4) is 5.95 Å². The van der Waals surface area contributed by atoms with Crippen LogP contribution >= 0.6 is 25.1 Å². The number of fused-ring (bicyclic) bond motifs is 1. The molecule has 3 heterocycles. The van der Waals surface area contributed by atoms with Gasteiger partial charge in [-0.2, -0.15) is 23.7 Å². The minimum absolute atomic E-state index is 0. The number of benzene rings is 1. The molecule has 12 heteroatoms. The second-order valence-electron chi connectivity index (χ2n) is 6.03. The first kappa shape index (κ1) is 20.6. The van der Waals surface area contributed by atoms with Gasteiger partial charge in [-0.25, -0.2) is 18.9 Å². The molecule has 1 atom stereocenters. The number of hydrogen-bond acceptors (Lipinski definition) is 5. The highest BCUT2D eigenvalue weighted by Crippen LogP contribution is 2.27. The van der Waals surface area contributed by atoms with Gasteiger partial charge in [0, 0.05) is 11.2 Å². The third-order valence-electron chi connectivity index (χ3n) is 4.27. The van der Waals surface area contributed by atoms with Gasteiger partial charge in [0.2, 0.25) is 5.95 Å². The summed E-state index contributed by atoms with van der Waals surface area (Å²) in [5.41, 5.74) is 0.543. The van der Waals surface area contributed by atoms with E-state index in [9.17, 15) is 14.0 Å². The number of aromatic nitrogens is 6. The predicted molar refractivity (Wildman–Crippen MR) is 108 cm³/mol. The lowest BCUT2D eigenvalue weighted by molar-refractivity contribution is 0.0697. The topological polar surface area (TPSA) is 119 Å². The molecular weight excluding hydrogens is 423 g/mol. The van der Waals surface area contributed by atoms with E-state index in [0.29, 0.717) is 5.56 Å². The average Bonchev–Trinajstić information content (AvgIpc) is 3.28. The van der Waals surface area contributed by atoms with Crippen molar-refractivity contribution < 1.29 is 14.3 Å². The number of hydrogen-bond donors (Lipinski definition) is 2. The molecule has 150 valence electrons. The number of aromatic carboxylic acids is 1. The highest BCUT2D eigenvalue weighted by molar-refractivity contribution is 7.59. The number of H-pyrrole nitrogens is 1. The summed E-state index contributed by atoms with van der Waals surface area (Å²) in [6, 6.07) is 3.55. The standard InChI is InChI=1S/C17H12ClFN6O3.H2S/c1-8(11-3-2-10(19)4-12(11)18)25-14-13(6-21-25)22-17(23-15(14)26)24-7-9(5-20-24)16(27)28;/h2-8H,1H3,(H,27,28)(H,22,23,26);1H2/t8-;/m0./s1. The quantitative estimate of drug-likeness (QED) is 0.507. The third-order valence-corrected chi connectivity index (χ3v) is 4.60. The van der Waals surface area contributed by atoms with Gasteiger partial charge in [0.1, 0.15) is 11.3 Å². The van der Waals surface area contributed by atoms with E-state index in [1.807, 2.05) is 0 Å². The molecule has 0 amide bonds. The molecule has 3 aromatic heterocycles. The Balaban J connectivity index is 0.00000240. The van der Waals surface area contributed by atoms with Crippen molar-refractivity contribution in [1.82, 2.24) is 29.5 Å². The number of carboxylic acids is 1. The average molecular weight is 437 g/mol. The summed E-state index contributed by atoms with van der Waals surface area (Å²) < 4.78 is 15.9. The Morgan fingerprint density at radius 3 is 2.72 bits per heavy atom. The van der Waals surface area contributed by atoms with Crippen LogP contribution in [0.4, 0.5) is 4.39 Å². The maximum Gasteiger partial charge on any atom is 0.338 e. The Kier molecular flexibility index (Phi) is 5.44. The Bertz CT molecular complexity index is 1280. The lowest BCUT2D eigenvalue weighted by atomic mass is 10.1. The van der Waals surface area contributed by atoms with E-state index >= 15 is 0 Å². The Labute approximate surface area is 174 Å². The summed E-state index contributed by atoms with van der Waals surface area (Å²) in [5.74, 6) is -1.56. The van der Waals surface area contributed by atoms with Crippen molar-refractivity contribution in [3.05, 3.63) is 69.1 Å². The highest BCUT2D eigenvalue weighted by Gasteiger charge is 2.19. The van der Waals surface area contributed by atoms with Crippen molar-refractivity contribution in [2.75, 3.05) is 0 Å². The van der Waals surface area contributed by atoms with Crippen molar-refractivity contribution in [1.29, 1.82) is 0 Å². The molecule has 0 spiro atoms. The fraction of sp³-hybridized carbons (Fsp3) is 0.118. The van der Waals surface area contributed by atoms with E-state index in [1.54, 1.807) is 6.92 Å². The molecule has 0 bridgehead atoms. The summed E-state index contributed by atoms with van der Waals surface area (Å²) in [5, 5.41) is 17.3. The third kappa shape index (κ3) is 3.61. The van der Waals surface area contributed by atoms with E-state index < -0.39 is 23.4 Å². The van der Waals surface area contributed by atoms with Crippen molar-refractivity contribution >= 4 is 42.1 Å². The van der Waals surface area contributed by atoms with Gasteiger partial charge in [-0.3, -0.25) is 14.5 Å². The molecule has 1 aromatic carbocycles. The number of carboxylic acid groups (broad SMARTS) is 1. The Morgan fingerprint density at radius 2 is 2.07 bits per heavy atom. The molecule has 29 heavy (non-hydrogen) atoms. The normalized spacial score (nSPS) is 12.0. The van der Waals surface area contributed by atoms with Gasteiger partial charge >= 0.3 is 5.97 Å². The lowest BCUT2D eigenvalue weighted by Crippen LogP contribution is -2.19.